The van der Waals surface area contributed by atoms with Gasteiger partial charge in [-0.3, -0.25) is 0 Å². The molecule has 0 aromatic carbocycles. The predicted octanol–water partition coefficient (Wildman–Crippen LogP) is 6.71. The van der Waals surface area contributed by atoms with Crippen molar-refractivity contribution in [2.24, 2.45) is 29.6 Å². The van der Waals surface area contributed by atoms with Crippen LogP contribution in [0.1, 0.15) is 92.4 Å². The summed E-state index contributed by atoms with van der Waals surface area (Å²) in [4.78, 5) is 0. The van der Waals surface area contributed by atoms with E-state index in [0.29, 0.717) is 6.10 Å². The Balaban J connectivity index is 2.84. The summed E-state index contributed by atoms with van der Waals surface area (Å²) in [5.74, 6) is 4.52. The quantitative estimate of drug-likeness (QED) is 0.436. The van der Waals surface area contributed by atoms with E-state index in [0.717, 1.165) is 29.6 Å². The van der Waals surface area contributed by atoms with Crippen LogP contribution in [0.5, 0.6) is 0 Å². The molecule has 5 unspecified atom stereocenters. The Morgan fingerprint density at radius 2 is 1.55 bits per heavy atom. The Kier molecular flexibility index (Phi) is 9.71. The number of methoxy groups -OCH3 is 1. The Morgan fingerprint density at radius 1 is 0.909 bits per heavy atom. The third-order valence-corrected chi connectivity index (χ3v) is 6.74. The fraction of sp³-hybridized carbons (Fsp3) is 1.00. The first-order valence-electron chi connectivity index (χ1n) is 10.1. The van der Waals surface area contributed by atoms with Gasteiger partial charge in [-0.05, 0) is 55.8 Å². The molecule has 0 aliphatic heterocycles. The van der Waals surface area contributed by atoms with Crippen molar-refractivity contribution in [3.63, 3.8) is 0 Å². The summed E-state index contributed by atoms with van der Waals surface area (Å²) >= 11 is 0. The van der Waals surface area contributed by atoms with Crippen molar-refractivity contribution < 1.29 is 4.74 Å². The van der Waals surface area contributed by atoms with E-state index < -0.39 is 0 Å². The van der Waals surface area contributed by atoms with Crippen molar-refractivity contribution in [2.45, 2.75) is 98.5 Å². The van der Waals surface area contributed by atoms with Crippen molar-refractivity contribution in [1.29, 1.82) is 0 Å². The van der Waals surface area contributed by atoms with Crippen molar-refractivity contribution in [3.05, 3.63) is 0 Å². The van der Waals surface area contributed by atoms with E-state index in [4.69, 9.17) is 4.74 Å². The normalized spacial score (nSPS) is 28.8. The van der Waals surface area contributed by atoms with Crippen LogP contribution in [-0.2, 0) is 4.74 Å². The zero-order chi connectivity index (χ0) is 16.5. The second-order valence-electron chi connectivity index (χ2n) is 7.73. The van der Waals surface area contributed by atoms with Gasteiger partial charge in [0.25, 0.3) is 0 Å². The molecular weight excluding hydrogens is 268 g/mol. The lowest BCUT2D eigenvalue weighted by Gasteiger charge is -2.44. The predicted molar refractivity (Wildman–Crippen MR) is 98.2 cm³/mol. The van der Waals surface area contributed by atoms with Gasteiger partial charge in [0.2, 0.25) is 0 Å². The van der Waals surface area contributed by atoms with Gasteiger partial charge in [-0.2, -0.15) is 0 Å². The summed E-state index contributed by atoms with van der Waals surface area (Å²) in [7, 11) is 1.90. The molecule has 0 amide bonds. The van der Waals surface area contributed by atoms with Crippen LogP contribution in [-0.4, -0.2) is 13.2 Å². The van der Waals surface area contributed by atoms with Gasteiger partial charge in [0.1, 0.15) is 0 Å². The Bertz CT molecular complexity index is 271. The number of hydrogen-bond acceptors (Lipinski definition) is 1. The van der Waals surface area contributed by atoms with Crippen LogP contribution in [0, 0.1) is 29.6 Å². The molecule has 1 saturated carbocycles. The Hall–Kier alpha value is -0.0400. The first-order valence-corrected chi connectivity index (χ1v) is 10.1. The molecule has 0 N–H and O–H groups in total. The van der Waals surface area contributed by atoms with E-state index in [1.165, 1.54) is 57.8 Å². The molecule has 5 atom stereocenters. The van der Waals surface area contributed by atoms with Gasteiger partial charge in [-0.1, -0.05) is 66.2 Å². The fourth-order valence-corrected chi connectivity index (χ4v) is 5.13. The molecule has 22 heavy (non-hydrogen) atoms. The van der Waals surface area contributed by atoms with Crippen molar-refractivity contribution in [1.82, 2.24) is 0 Å². The summed E-state index contributed by atoms with van der Waals surface area (Å²) in [6, 6.07) is 0. The van der Waals surface area contributed by atoms with Crippen LogP contribution in [0.15, 0.2) is 0 Å². The average Bonchev–Trinajstić information content (AvgIpc) is 2.56. The maximum Gasteiger partial charge on any atom is 0.0574 e. The zero-order valence-electron chi connectivity index (χ0n) is 16.2. The van der Waals surface area contributed by atoms with Crippen LogP contribution in [0.25, 0.3) is 0 Å². The second-order valence-corrected chi connectivity index (χ2v) is 7.73. The molecule has 0 aromatic rings. The lowest BCUT2D eigenvalue weighted by molar-refractivity contribution is -0.0191. The van der Waals surface area contributed by atoms with Crippen LogP contribution < -0.4 is 0 Å². The molecule has 1 nitrogen and oxygen atoms in total. The van der Waals surface area contributed by atoms with Gasteiger partial charge in [-0.15, -0.1) is 0 Å². The molecule has 1 aliphatic rings. The molecule has 0 bridgehead atoms. The first-order chi connectivity index (χ1) is 10.6. The van der Waals surface area contributed by atoms with E-state index >= 15 is 0 Å². The molecule has 0 heterocycles. The monoisotopic (exact) mass is 310 g/mol. The summed E-state index contributed by atoms with van der Waals surface area (Å²) in [6.45, 7) is 11.8. The van der Waals surface area contributed by atoms with Gasteiger partial charge in [0.15, 0.2) is 0 Å². The summed E-state index contributed by atoms with van der Waals surface area (Å²) < 4.78 is 5.77. The molecule has 0 spiro atoms. The number of unbranched alkanes of at least 4 members (excludes halogenated alkanes) is 1. The topological polar surface area (TPSA) is 9.23 Å². The molecule has 0 radical (unpaired) electrons. The fourth-order valence-electron chi connectivity index (χ4n) is 5.13. The van der Waals surface area contributed by atoms with Gasteiger partial charge >= 0.3 is 0 Å². The average molecular weight is 311 g/mol. The third-order valence-electron chi connectivity index (χ3n) is 6.74. The van der Waals surface area contributed by atoms with Gasteiger partial charge in [0.05, 0.1) is 6.10 Å². The highest BCUT2D eigenvalue weighted by molar-refractivity contribution is 4.88. The highest BCUT2D eigenvalue weighted by atomic mass is 16.5. The molecule has 132 valence electrons. The minimum Gasteiger partial charge on any atom is -0.381 e. The van der Waals surface area contributed by atoms with Crippen LogP contribution >= 0.6 is 0 Å². The van der Waals surface area contributed by atoms with E-state index in [9.17, 15) is 0 Å². The minimum atomic E-state index is 0.434. The van der Waals surface area contributed by atoms with E-state index in [2.05, 4.69) is 34.6 Å². The van der Waals surface area contributed by atoms with E-state index in [1.54, 1.807) is 0 Å². The molecule has 1 fully saturated rings. The Labute approximate surface area is 140 Å². The molecular formula is C21H42O. The lowest BCUT2D eigenvalue weighted by atomic mass is 9.62. The molecule has 1 aliphatic carbocycles. The zero-order valence-corrected chi connectivity index (χ0v) is 16.2. The van der Waals surface area contributed by atoms with Crippen LogP contribution in [0.2, 0.25) is 0 Å². The number of ether oxygens (including phenoxy) is 1. The standard InChI is InChI=1S/C21H42O/c1-7-11-12-18(10-4)21-15-19(17(8-2)9-3)13-14-20(21)16(5)22-6/h16-21H,7-15H2,1-6H3. The Morgan fingerprint density at radius 3 is 2.05 bits per heavy atom. The minimum absolute atomic E-state index is 0.434. The molecule has 0 aromatic heterocycles. The summed E-state index contributed by atoms with van der Waals surface area (Å²) in [5.41, 5.74) is 0. The molecule has 0 saturated heterocycles. The first kappa shape index (κ1) is 20.0. The number of hydrogen-bond donors (Lipinski definition) is 0. The van der Waals surface area contributed by atoms with Crippen molar-refractivity contribution >= 4 is 0 Å². The SMILES string of the molecule is CCCCC(CC)C1CC(C(CC)CC)CCC1C(C)OC. The summed E-state index contributed by atoms with van der Waals surface area (Å²) in [6.07, 6.45) is 13.0. The maximum atomic E-state index is 5.77. The van der Waals surface area contributed by atoms with Gasteiger partial charge < -0.3 is 4.74 Å². The van der Waals surface area contributed by atoms with Gasteiger partial charge in [0, 0.05) is 7.11 Å². The highest BCUT2D eigenvalue weighted by Gasteiger charge is 2.38. The summed E-state index contributed by atoms with van der Waals surface area (Å²) in [5, 5.41) is 0. The third kappa shape index (κ3) is 5.25. The highest BCUT2D eigenvalue weighted by Crippen LogP contribution is 2.46. The van der Waals surface area contributed by atoms with E-state index in [-0.39, 0.29) is 0 Å². The molecule has 1 heteroatoms. The lowest BCUT2D eigenvalue weighted by Crippen LogP contribution is -2.38. The van der Waals surface area contributed by atoms with Crippen molar-refractivity contribution in [3.8, 4) is 0 Å². The molecule has 1 rings (SSSR count). The largest absolute Gasteiger partial charge is 0.381 e. The van der Waals surface area contributed by atoms with Gasteiger partial charge in [-0.25, -0.2) is 0 Å². The van der Waals surface area contributed by atoms with E-state index in [1.807, 2.05) is 7.11 Å². The van der Waals surface area contributed by atoms with Crippen LogP contribution in [0.3, 0.4) is 0 Å². The smallest absolute Gasteiger partial charge is 0.0574 e. The second kappa shape index (κ2) is 10.7. The van der Waals surface area contributed by atoms with Crippen LogP contribution in [0.4, 0.5) is 0 Å². The maximum absolute atomic E-state index is 5.77. The van der Waals surface area contributed by atoms with Crippen molar-refractivity contribution in [2.75, 3.05) is 7.11 Å². The number of rotatable bonds is 10.